The molecule has 0 aromatic heterocycles. The molecule has 10 nitrogen and oxygen atoms in total. The maximum Gasteiger partial charge on any atom is 0.280 e. The number of benzene rings is 2. The molecule has 0 bridgehead atoms. The molecular formula is C25H32ClN5O5S. The van der Waals surface area contributed by atoms with Crippen LogP contribution in [0.15, 0.2) is 34.2 Å². The van der Waals surface area contributed by atoms with Crippen LogP contribution in [-0.2, 0) is 20.4 Å². The number of amides is 2. The van der Waals surface area contributed by atoms with Crippen molar-refractivity contribution in [3.8, 4) is 11.5 Å². The quantitative estimate of drug-likeness (QED) is 0.427. The minimum Gasteiger partial charge on any atom is -0.454 e. The van der Waals surface area contributed by atoms with Crippen molar-refractivity contribution in [1.82, 2.24) is 4.90 Å². The van der Waals surface area contributed by atoms with Crippen molar-refractivity contribution in [2.24, 2.45) is 21.9 Å². The van der Waals surface area contributed by atoms with Gasteiger partial charge in [0, 0.05) is 35.3 Å². The third kappa shape index (κ3) is 6.23. The van der Waals surface area contributed by atoms with Crippen LogP contribution in [0.1, 0.15) is 42.3 Å². The standard InChI is InChI=1S/C25H32ClN5O5S/c1-14-9-15(22(32)29-24(27)28)11-19-20(14)36-21-16(13-37(19,34)35)10-17(12-18(21)26)31(8-7-30(5)6)23(33)25(2,3)4/h9-12H,7-8,13H2,1-6H3,(H4,27,28,29,32). The lowest BCUT2D eigenvalue weighted by Crippen LogP contribution is -2.43. The van der Waals surface area contributed by atoms with Gasteiger partial charge in [0.25, 0.3) is 5.91 Å². The number of sulfone groups is 1. The number of carbonyl (C=O) groups excluding carboxylic acids is 2. The number of aliphatic imine (C=N–C) groups is 1. The van der Waals surface area contributed by atoms with Gasteiger partial charge in [-0.3, -0.25) is 9.59 Å². The number of hydrogen-bond donors (Lipinski definition) is 2. The van der Waals surface area contributed by atoms with E-state index < -0.39 is 32.9 Å². The number of guanidine groups is 1. The predicted molar refractivity (Wildman–Crippen MR) is 144 cm³/mol. The molecule has 0 saturated heterocycles. The second-order valence-corrected chi connectivity index (χ2v) is 12.6. The molecule has 1 aliphatic heterocycles. The molecule has 1 aliphatic rings. The number of rotatable bonds is 5. The zero-order valence-electron chi connectivity index (χ0n) is 21.8. The van der Waals surface area contributed by atoms with E-state index in [2.05, 4.69) is 4.99 Å². The van der Waals surface area contributed by atoms with Gasteiger partial charge in [-0.15, -0.1) is 0 Å². The highest BCUT2D eigenvalue weighted by Gasteiger charge is 2.33. The number of halogens is 1. The molecule has 2 aromatic rings. The SMILES string of the molecule is Cc1cc(C(=O)N=C(N)N)cc2c1Oc1c(Cl)cc(N(CCN(C)C)C(=O)C(C)(C)C)cc1CS2(=O)=O. The van der Waals surface area contributed by atoms with Crippen molar-refractivity contribution in [2.75, 3.05) is 32.1 Å². The van der Waals surface area contributed by atoms with Gasteiger partial charge in [-0.2, -0.15) is 4.99 Å². The van der Waals surface area contributed by atoms with Gasteiger partial charge in [-0.1, -0.05) is 32.4 Å². The van der Waals surface area contributed by atoms with Gasteiger partial charge in [-0.05, 0) is 50.8 Å². The van der Waals surface area contributed by atoms with Crippen molar-refractivity contribution in [1.29, 1.82) is 0 Å². The molecule has 4 N–H and O–H groups in total. The molecule has 2 aromatic carbocycles. The number of anilines is 1. The molecule has 0 radical (unpaired) electrons. The lowest BCUT2D eigenvalue weighted by Gasteiger charge is -2.31. The molecule has 0 saturated carbocycles. The molecule has 2 amide bonds. The van der Waals surface area contributed by atoms with Crippen LogP contribution in [-0.4, -0.2) is 58.3 Å². The summed E-state index contributed by atoms with van der Waals surface area (Å²) in [5, 5.41) is 0.159. The van der Waals surface area contributed by atoms with Gasteiger partial charge in [0.05, 0.1) is 10.8 Å². The summed E-state index contributed by atoms with van der Waals surface area (Å²) in [6.07, 6.45) is 0. The minimum absolute atomic E-state index is 0.000187. The van der Waals surface area contributed by atoms with E-state index in [0.29, 0.717) is 29.9 Å². The van der Waals surface area contributed by atoms with Crippen LogP contribution < -0.4 is 21.1 Å². The molecule has 12 heteroatoms. The summed E-state index contributed by atoms with van der Waals surface area (Å²) in [5.41, 5.74) is 11.1. The first-order valence-electron chi connectivity index (χ1n) is 11.5. The van der Waals surface area contributed by atoms with Crippen LogP contribution in [0.2, 0.25) is 5.02 Å². The summed E-state index contributed by atoms with van der Waals surface area (Å²) in [7, 11) is -0.194. The van der Waals surface area contributed by atoms with Crippen LogP contribution in [0.25, 0.3) is 0 Å². The largest absolute Gasteiger partial charge is 0.454 e. The molecule has 1 heterocycles. The summed E-state index contributed by atoms with van der Waals surface area (Å²) >= 11 is 6.63. The van der Waals surface area contributed by atoms with Crippen LogP contribution in [0.3, 0.4) is 0 Å². The Bertz CT molecular complexity index is 1390. The molecule has 0 fully saturated rings. The van der Waals surface area contributed by atoms with Crippen LogP contribution in [0, 0.1) is 12.3 Å². The highest BCUT2D eigenvalue weighted by atomic mass is 35.5. The number of fused-ring (bicyclic) bond motifs is 2. The Morgan fingerprint density at radius 3 is 2.30 bits per heavy atom. The molecule has 200 valence electrons. The number of nitrogens with two attached hydrogens (primary N) is 2. The summed E-state index contributed by atoms with van der Waals surface area (Å²) in [6, 6.07) is 5.86. The molecule has 0 spiro atoms. The highest BCUT2D eigenvalue weighted by molar-refractivity contribution is 7.90. The predicted octanol–water partition coefficient (Wildman–Crippen LogP) is 3.08. The van der Waals surface area contributed by atoms with Crippen molar-refractivity contribution >= 4 is 44.9 Å². The number of carbonyl (C=O) groups is 2. The highest BCUT2D eigenvalue weighted by Crippen LogP contribution is 2.45. The number of hydrogen-bond acceptors (Lipinski definition) is 6. The monoisotopic (exact) mass is 549 g/mol. The lowest BCUT2D eigenvalue weighted by atomic mass is 9.94. The fourth-order valence-electron chi connectivity index (χ4n) is 3.86. The fraction of sp³-hybridized carbons (Fsp3) is 0.400. The number of aryl methyl sites for hydroxylation is 1. The Kier molecular flexibility index (Phi) is 7.92. The Morgan fingerprint density at radius 2 is 1.73 bits per heavy atom. The Labute approximate surface area is 222 Å². The number of nitrogens with zero attached hydrogens (tertiary/aromatic N) is 3. The van der Waals surface area contributed by atoms with E-state index in [9.17, 15) is 18.0 Å². The van der Waals surface area contributed by atoms with Crippen LogP contribution >= 0.6 is 11.6 Å². The number of likely N-dealkylation sites (N-methyl/N-ethyl adjacent to an activating group) is 1. The van der Waals surface area contributed by atoms with E-state index in [1.165, 1.54) is 12.1 Å². The molecule has 3 rings (SSSR count). The van der Waals surface area contributed by atoms with E-state index in [4.69, 9.17) is 27.8 Å². The zero-order chi connectivity index (χ0) is 27.9. The van der Waals surface area contributed by atoms with Crippen molar-refractivity contribution in [3.05, 3.63) is 46.0 Å². The van der Waals surface area contributed by atoms with Gasteiger partial charge in [0.15, 0.2) is 15.8 Å². The average Bonchev–Trinajstić information content (AvgIpc) is 2.86. The smallest absolute Gasteiger partial charge is 0.280 e. The first-order valence-corrected chi connectivity index (χ1v) is 13.5. The third-order valence-electron chi connectivity index (χ3n) is 5.68. The number of ether oxygens (including phenoxy) is 1. The van der Waals surface area contributed by atoms with Crippen molar-refractivity contribution < 1.29 is 22.7 Å². The summed E-state index contributed by atoms with van der Waals surface area (Å²) in [6.45, 7) is 8.02. The zero-order valence-corrected chi connectivity index (χ0v) is 23.3. The normalized spacial score (nSPS) is 14.2. The Balaban J connectivity index is 2.15. The second-order valence-electron chi connectivity index (χ2n) is 10.2. The van der Waals surface area contributed by atoms with Crippen molar-refractivity contribution in [3.63, 3.8) is 0 Å². The summed E-state index contributed by atoms with van der Waals surface area (Å²) in [4.78, 5) is 32.6. The maximum absolute atomic E-state index is 13.5. The van der Waals surface area contributed by atoms with Crippen LogP contribution in [0.5, 0.6) is 11.5 Å². The first-order chi connectivity index (χ1) is 17.0. The molecule has 37 heavy (non-hydrogen) atoms. The summed E-state index contributed by atoms with van der Waals surface area (Å²) < 4.78 is 33.1. The van der Waals surface area contributed by atoms with E-state index >= 15 is 0 Å². The van der Waals surface area contributed by atoms with Gasteiger partial charge < -0.3 is 26.0 Å². The molecule has 0 atom stereocenters. The topological polar surface area (TPSA) is 148 Å². The second kappa shape index (κ2) is 10.3. The van der Waals surface area contributed by atoms with E-state index in [-0.39, 0.29) is 32.9 Å². The minimum atomic E-state index is -3.99. The van der Waals surface area contributed by atoms with E-state index in [1.54, 1.807) is 24.0 Å². The Hall–Kier alpha value is -3.15. The van der Waals surface area contributed by atoms with Crippen molar-refractivity contribution in [2.45, 2.75) is 38.3 Å². The average molecular weight is 550 g/mol. The van der Waals surface area contributed by atoms with Gasteiger partial charge in [0.1, 0.15) is 16.4 Å². The lowest BCUT2D eigenvalue weighted by molar-refractivity contribution is -0.125. The third-order valence-corrected chi connectivity index (χ3v) is 7.62. The van der Waals surface area contributed by atoms with Crippen LogP contribution in [0.4, 0.5) is 5.69 Å². The van der Waals surface area contributed by atoms with Gasteiger partial charge in [0.2, 0.25) is 5.91 Å². The van der Waals surface area contributed by atoms with E-state index in [0.717, 1.165) is 0 Å². The molecule has 0 aliphatic carbocycles. The van der Waals surface area contributed by atoms with Gasteiger partial charge >= 0.3 is 0 Å². The van der Waals surface area contributed by atoms with E-state index in [1.807, 2.05) is 39.8 Å². The Morgan fingerprint density at radius 1 is 1.08 bits per heavy atom. The first kappa shape index (κ1) is 28.4. The maximum atomic E-state index is 13.5. The summed E-state index contributed by atoms with van der Waals surface area (Å²) in [5.74, 6) is -1.56. The molecule has 0 unspecified atom stereocenters. The van der Waals surface area contributed by atoms with Gasteiger partial charge in [-0.25, -0.2) is 8.42 Å². The fourth-order valence-corrected chi connectivity index (χ4v) is 5.70. The molecular weight excluding hydrogens is 518 g/mol.